The number of carbonyl (C=O) groups excluding carboxylic acids is 1. The quantitative estimate of drug-likeness (QED) is 0.750. The van der Waals surface area contributed by atoms with Crippen molar-refractivity contribution in [2.24, 2.45) is 0 Å². The van der Waals surface area contributed by atoms with Crippen LogP contribution >= 0.6 is 0 Å². The third-order valence-electron chi connectivity index (χ3n) is 3.93. The number of ether oxygens (including phenoxy) is 1. The maximum atomic E-state index is 13.6. The molecule has 0 aromatic heterocycles. The topological polar surface area (TPSA) is 75.7 Å². The SMILES string of the molecule is CS(=O)(=O)N(CCc1ccccc1F)CC(=O)NCC1CCCO1. The number of amides is 1. The Bertz CT molecular complexity index is 660. The smallest absolute Gasteiger partial charge is 0.235 e. The molecule has 0 aliphatic carbocycles. The van der Waals surface area contributed by atoms with Gasteiger partial charge >= 0.3 is 0 Å². The average Bonchev–Trinajstić information content (AvgIpc) is 3.03. The van der Waals surface area contributed by atoms with Gasteiger partial charge < -0.3 is 10.1 Å². The zero-order valence-electron chi connectivity index (χ0n) is 13.7. The van der Waals surface area contributed by atoms with E-state index in [1.165, 1.54) is 6.07 Å². The van der Waals surface area contributed by atoms with Crippen LogP contribution in [-0.4, -0.2) is 57.2 Å². The Labute approximate surface area is 142 Å². The van der Waals surface area contributed by atoms with E-state index in [4.69, 9.17) is 4.74 Å². The first-order valence-electron chi connectivity index (χ1n) is 7.93. The van der Waals surface area contributed by atoms with Crippen molar-refractivity contribution < 1.29 is 22.3 Å². The second-order valence-corrected chi connectivity index (χ2v) is 7.86. The molecule has 0 spiro atoms. The zero-order chi connectivity index (χ0) is 17.6. The third-order valence-corrected chi connectivity index (χ3v) is 5.18. The van der Waals surface area contributed by atoms with Crippen LogP contribution in [0.3, 0.4) is 0 Å². The minimum atomic E-state index is -3.56. The molecule has 2 rings (SSSR count). The highest BCUT2D eigenvalue weighted by Crippen LogP contribution is 2.11. The zero-order valence-corrected chi connectivity index (χ0v) is 14.5. The molecular formula is C16H23FN2O4S. The van der Waals surface area contributed by atoms with Crippen LogP contribution in [0.15, 0.2) is 24.3 Å². The van der Waals surface area contributed by atoms with Crippen molar-refractivity contribution in [3.05, 3.63) is 35.6 Å². The Morgan fingerprint density at radius 2 is 2.17 bits per heavy atom. The van der Waals surface area contributed by atoms with E-state index in [0.717, 1.165) is 23.4 Å². The van der Waals surface area contributed by atoms with Crippen LogP contribution in [0, 0.1) is 5.82 Å². The van der Waals surface area contributed by atoms with Crippen LogP contribution in [0.2, 0.25) is 0 Å². The fourth-order valence-electron chi connectivity index (χ4n) is 2.56. The molecule has 1 aromatic rings. The van der Waals surface area contributed by atoms with Gasteiger partial charge in [-0.15, -0.1) is 0 Å². The van der Waals surface area contributed by atoms with E-state index in [9.17, 15) is 17.6 Å². The van der Waals surface area contributed by atoms with E-state index in [1.54, 1.807) is 18.2 Å². The monoisotopic (exact) mass is 358 g/mol. The molecule has 24 heavy (non-hydrogen) atoms. The van der Waals surface area contributed by atoms with E-state index in [1.807, 2.05) is 0 Å². The maximum Gasteiger partial charge on any atom is 0.235 e. The lowest BCUT2D eigenvalue weighted by molar-refractivity contribution is -0.121. The molecule has 1 aliphatic rings. The second kappa shape index (κ2) is 8.55. The largest absolute Gasteiger partial charge is 0.376 e. The number of carbonyl (C=O) groups is 1. The molecule has 1 saturated heterocycles. The van der Waals surface area contributed by atoms with E-state index in [2.05, 4.69) is 5.32 Å². The lowest BCUT2D eigenvalue weighted by Crippen LogP contribution is -2.43. The van der Waals surface area contributed by atoms with Crippen LogP contribution in [0.4, 0.5) is 4.39 Å². The molecule has 6 nitrogen and oxygen atoms in total. The number of benzene rings is 1. The normalized spacial score (nSPS) is 18.0. The summed E-state index contributed by atoms with van der Waals surface area (Å²) >= 11 is 0. The molecule has 1 aromatic carbocycles. The van der Waals surface area contributed by atoms with Crippen molar-refractivity contribution in [1.29, 1.82) is 0 Å². The third kappa shape index (κ3) is 5.85. The van der Waals surface area contributed by atoms with Crippen LogP contribution in [0.1, 0.15) is 18.4 Å². The summed E-state index contributed by atoms with van der Waals surface area (Å²) in [7, 11) is -3.56. The number of halogens is 1. The molecule has 0 saturated carbocycles. The Morgan fingerprint density at radius 3 is 2.79 bits per heavy atom. The second-order valence-electron chi connectivity index (χ2n) is 5.88. The number of sulfonamides is 1. The number of nitrogens with one attached hydrogen (secondary N) is 1. The standard InChI is InChI=1S/C16H23FN2O4S/c1-24(21,22)19(9-8-13-5-2-3-7-15(13)17)12-16(20)18-11-14-6-4-10-23-14/h2-3,5,7,14H,4,6,8-12H2,1H3,(H,18,20). The van der Waals surface area contributed by atoms with Crippen molar-refractivity contribution in [2.45, 2.75) is 25.4 Å². The van der Waals surface area contributed by atoms with Crippen molar-refractivity contribution in [3.63, 3.8) is 0 Å². The summed E-state index contributed by atoms with van der Waals surface area (Å²) in [4.78, 5) is 12.0. The summed E-state index contributed by atoms with van der Waals surface area (Å²) < 4.78 is 43.8. The van der Waals surface area contributed by atoms with E-state index in [0.29, 0.717) is 18.7 Å². The Morgan fingerprint density at radius 1 is 1.42 bits per heavy atom. The first-order valence-corrected chi connectivity index (χ1v) is 9.78. The Balaban J connectivity index is 1.88. The van der Waals surface area contributed by atoms with Crippen molar-refractivity contribution in [2.75, 3.05) is 32.5 Å². The molecule has 134 valence electrons. The van der Waals surface area contributed by atoms with Gasteiger partial charge in [0.1, 0.15) is 5.82 Å². The first-order chi connectivity index (χ1) is 11.4. The lowest BCUT2D eigenvalue weighted by atomic mass is 10.1. The van der Waals surface area contributed by atoms with E-state index < -0.39 is 10.0 Å². The Hall–Kier alpha value is -1.51. The molecule has 1 aliphatic heterocycles. The van der Waals surface area contributed by atoms with Gasteiger partial charge in [0, 0.05) is 19.7 Å². The summed E-state index contributed by atoms with van der Waals surface area (Å²) in [6.45, 7) is 0.843. The van der Waals surface area contributed by atoms with E-state index >= 15 is 0 Å². The Kier molecular flexibility index (Phi) is 6.70. The molecule has 0 bridgehead atoms. The van der Waals surface area contributed by atoms with Gasteiger partial charge in [-0.1, -0.05) is 18.2 Å². The summed E-state index contributed by atoms with van der Waals surface area (Å²) in [5.74, 6) is -0.766. The summed E-state index contributed by atoms with van der Waals surface area (Å²) in [5.41, 5.74) is 0.422. The highest BCUT2D eigenvalue weighted by Gasteiger charge is 2.22. The minimum absolute atomic E-state index is 0.000881. The van der Waals surface area contributed by atoms with Gasteiger partial charge in [-0.25, -0.2) is 12.8 Å². The highest BCUT2D eigenvalue weighted by atomic mass is 32.2. The fourth-order valence-corrected chi connectivity index (χ4v) is 3.33. The number of nitrogens with zero attached hydrogens (tertiary/aromatic N) is 1. The molecule has 1 amide bonds. The van der Waals surface area contributed by atoms with Gasteiger partial charge in [-0.05, 0) is 30.9 Å². The van der Waals surface area contributed by atoms with Gasteiger partial charge in [-0.2, -0.15) is 4.31 Å². The molecule has 1 N–H and O–H groups in total. The fraction of sp³-hybridized carbons (Fsp3) is 0.562. The average molecular weight is 358 g/mol. The number of hydrogen-bond acceptors (Lipinski definition) is 4. The molecular weight excluding hydrogens is 335 g/mol. The van der Waals surface area contributed by atoms with E-state index in [-0.39, 0.29) is 37.3 Å². The van der Waals surface area contributed by atoms with Gasteiger partial charge in [0.2, 0.25) is 15.9 Å². The number of rotatable bonds is 8. The molecule has 8 heteroatoms. The maximum absolute atomic E-state index is 13.6. The van der Waals surface area contributed by atoms with Crippen molar-refractivity contribution >= 4 is 15.9 Å². The first kappa shape index (κ1) is 18.8. The summed E-state index contributed by atoms with van der Waals surface area (Å²) in [5, 5.41) is 2.69. The van der Waals surface area contributed by atoms with Gasteiger partial charge in [0.05, 0.1) is 18.9 Å². The van der Waals surface area contributed by atoms with Crippen LogP contribution < -0.4 is 5.32 Å². The molecule has 1 atom stereocenters. The van der Waals surface area contributed by atoms with Crippen LogP contribution in [0.5, 0.6) is 0 Å². The van der Waals surface area contributed by atoms with Crippen molar-refractivity contribution in [3.8, 4) is 0 Å². The van der Waals surface area contributed by atoms with Gasteiger partial charge in [0.15, 0.2) is 0 Å². The predicted molar refractivity (Wildman–Crippen MR) is 88.5 cm³/mol. The molecule has 0 radical (unpaired) electrons. The van der Waals surface area contributed by atoms with Crippen LogP contribution in [-0.2, 0) is 26.0 Å². The van der Waals surface area contributed by atoms with Crippen molar-refractivity contribution in [1.82, 2.24) is 9.62 Å². The highest BCUT2D eigenvalue weighted by molar-refractivity contribution is 7.88. The predicted octanol–water partition coefficient (Wildman–Crippen LogP) is 0.925. The molecule has 1 heterocycles. The van der Waals surface area contributed by atoms with Gasteiger partial charge in [-0.3, -0.25) is 4.79 Å². The minimum Gasteiger partial charge on any atom is -0.376 e. The lowest BCUT2D eigenvalue weighted by Gasteiger charge is -2.20. The summed E-state index contributed by atoms with van der Waals surface area (Å²) in [6, 6.07) is 6.20. The molecule has 1 fully saturated rings. The summed E-state index contributed by atoms with van der Waals surface area (Å²) in [6.07, 6.45) is 3.11. The number of hydrogen-bond donors (Lipinski definition) is 1. The van der Waals surface area contributed by atoms with Crippen LogP contribution in [0.25, 0.3) is 0 Å². The molecule has 1 unspecified atom stereocenters. The van der Waals surface area contributed by atoms with Gasteiger partial charge in [0.25, 0.3) is 0 Å².